The summed E-state index contributed by atoms with van der Waals surface area (Å²) in [4.78, 5) is 60.2. The minimum atomic E-state index is -1.09. The molecule has 1 aliphatic carbocycles. The van der Waals surface area contributed by atoms with E-state index in [1.165, 1.54) is 25.5 Å². The zero-order valence-corrected chi connectivity index (χ0v) is 16.6. The summed E-state index contributed by atoms with van der Waals surface area (Å²) >= 11 is 0. The van der Waals surface area contributed by atoms with Crippen molar-refractivity contribution in [1.29, 1.82) is 0 Å². The summed E-state index contributed by atoms with van der Waals surface area (Å²) < 4.78 is 5.06. The Hall–Kier alpha value is -3.30. The van der Waals surface area contributed by atoms with Gasteiger partial charge in [0, 0.05) is 12.6 Å². The van der Waals surface area contributed by atoms with Crippen molar-refractivity contribution >= 4 is 29.4 Å². The Morgan fingerprint density at radius 3 is 2.60 bits per heavy atom. The van der Waals surface area contributed by atoms with Gasteiger partial charge in [0.25, 0.3) is 23.4 Å². The topological polar surface area (TPSA) is 136 Å². The molecule has 1 fully saturated rings. The van der Waals surface area contributed by atoms with Crippen molar-refractivity contribution in [2.75, 3.05) is 13.1 Å². The van der Waals surface area contributed by atoms with Crippen molar-refractivity contribution in [1.82, 2.24) is 10.2 Å². The maximum atomic E-state index is 12.5. The van der Waals surface area contributed by atoms with E-state index in [9.17, 15) is 29.3 Å². The second-order valence-corrected chi connectivity index (χ2v) is 7.53. The van der Waals surface area contributed by atoms with E-state index >= 15 is 0 Å². The van der Waals surface area contributed by atoms with Gasteiger partial charge in [-0.25, -0.2) is 0 Å². The number of benzene rings is 1. The highest BCUT2D eigenvalue weighted by molar-refractivity contribution is 6.24. The van der Waals surface area contributed by atoms with E-state index in [1.54, 1.807) is 0 Å². The van der Waals surface area contributed by atoms with Gasteiger partial charge in [-0.2, -0.15) is 0 Å². The van der Waals surface area contributed by atoms with Crippen LogP contribution in [0.25, 0.3) is 0 Å². The monoisotopic (exact) mass is 417 g/mol. The van der Waals surface area contributed by atoms with E-state index in [4.69, 9.17) is 4.74 Å². The number of ether oxygens (including phenoxy) is 1. The highest BCUT2D eigenvalue weighted by Crippen LogP contribution is 2.30. The molecule has 0 unspecified atom stereocenters. The molecule has 0 bridgehead atoms. The smallest absolute Gasteiger partial charge is 0.326 e. The molecule has 2 aliphatic rings. The normalized spacial score (nSPS) is 17.4. The van der Waals surface area contributed by atoms with E-state index in [0.717, 1.165) is 31.7 Å². The number of hydrogen-bond donors (Lipinski definition) is 1. The van der Waals surface area contributed by atoms with Crippen LogP contribution in [0.15, 0.2) is 18.2 Å². The van der Waals surface area contributed by atoms with Crippen molar-refractivity contribution in [3.63, 3.8) is 0 Å². The van der Waals surface area contributed by atoms with Crippen LogP contribution in [0, 0.1) is 16.0 Å². The minimum absolute atomic E-state index is 0.139. The van der Waals surface area contributed by atoms with Gasteiger partial charge in [0.05, 0.1) is 10.5 Å². The maximum absolute atomic E-state index is 12.5. The molecule has 3 rings (SSSR count). The van der Waals surface area contributed by atoms with Crippen molar-refractivity contribution < 1.29 is 28.8 Å². The number of esters is 1. The molecule has 1 N–H and O–H groups in total. The zero-order chi connectivity index (χ0) is 21.8. The third kappa shape index (κ3) is 4.47. The average molecular weight is 417 g/mol. The fourth-order valence-electron chi connectivity index (χ4n) is 3.81. The van der Waals surface area contributed by atoms with Crippen LogP contribution in [0.5, 0.6) is 0 Å². The van der Waals surface area contributed by atoms with E-state index in [1.807, 2.05) is 0 Å². The van der Waals surface area contributed by atoms with Crippen LogP contribution in [0.1, 0.15) is 59.7 Å². The molecule has 1 aromatic rings. The second-order valence-electron chi connectivity index (χ2n) is 7.53. The number of nitro benzene ring substituents is 1. The minimum Gasteiger partial charge on any atom is -0.451 e. The van der Waals surface area contributed by atoms with Crippen LogP contribution in [0.4, 0.5) is 5.69 Å². The maximum Gasteiger partial charge on any atom is 0.326 e. The molecule has 1 saturated carbocycles. The second kappa shape index (κ2) is 9.02. The van der Waals surface area contributed by atoms with Crippen molar-refractivity contribution in [2.24, 2.45) is 5.92 Å². The number of nitrogens with one attached hydrogen (secondary N) is 1. The van der Waals surface area contributed by atoms with E-state index in [0.29, 0.717) is 17.4 Å². The van der Waals surface area contributed by atoms with Crippen molar-refractivity contribution in [2.45, 2.75) is 45.1 Å². The van der Waals surface area contributed by atoms with Crippen LogP contribution in [0.2, 0.25) is 0 Å². The van der Waals surface area contributed by atoms with Gasteiger partial charge in [-0.05, 0) is 31.7 Å². The number of carbonyl (C=O) groups excluding carboxylic acids is 4. The van der Waals surface area contributed by atoms with Gasteiger partial charge in [-0.1, -0.05) is 25.3 Å². The molecule has 0 aromatic heterocycles. The molecular weight excluding hydrogens is 394 g/mol. The molecular formula is C20H23N3O7. The van der Waals surface area contributed by atoms with Crippen molar-refractivity contribution in [3.8, 4) is 0 Å². The lowest BCUT2D eigenvalue weighted by atomic mass is 9.89. The summed E-state index contributed by atoms with van der Waals surface area (Å²) in [5.41, 5.74) is -0.990. The number of carbonyl (C=O) groups is 4. The molecule has 1 aromatic carbocycles. The van der Waals surface area contributed by atoms with Gasteiger partial charge >= 0.3 is 5.97 Å². The van der Waals surface area contributed by atoms with Gasteiger partial charge in [0.2, 0.25) is 0 Å². The number of fused-ring (bicyclic) bond motifs is 1. The Kier molecular flexibility index (Phi) is 6.43. The number of nitro groups is 1. The largest absolute Gasteiger partial charge is 0.451 e. The first-order chi connectivity index (χ1) is 14.3. The number of imide groups is 1. The summed E-state index contributed by atoms with van der Waals surface area (Å²) in [6.07, 6.45) is 4.51. The van der Waals surface area contributed by atoms with Gasteiger partial charge in [-0.15, -0.1) is 0 Å². The lowest BCUT2D eigenvalue weighted by molar-refractivity contribution is -0.385. The Balaban J connectivity index is 1.56. The number of nitrogens with zero attached hydrogens (tertiary/aromatic N) is 2. The first-order valence-corrected chi connectivity index (χ1v) is 9.90. The van der Waals surface area contributed by atoms with Crippen LogP contribution >= 0.6 is 0 Å². The Morgan fingerprint density at radius 1 is 1.23 bits per heavy atom. The average Bonchev–Trinajstić information content (AvgIpc) is 2.97. The summed E-state index contributed by atoms with van der Waals surface area (Å²) in [5.74, 6) is -2.74. The first-order valence-electron chi connectivity index (χ1n) is 9.90. The Bertz CT molecular complexity index is 892. The van der Waals surface area contributed by atoms with E-state index < -0.39 is 47.0 Å². The molecule has 30 heavy (non-hydrogen) atoms. The number of rotatable bonds is 7. The van der Waals surface area contributed by atoms with Gasteiger partial charge < -0.3 is 10.1 Å². The lowest BCUT2D eigenvalue weighted by Crippen LogP contribution is -2.41. The molecule has 3 amide bonds. The van der Waals surface area contributed by atoms with Crippen LogP contribution in [-0.4, -0.2) is 52.7 Å². The summed E-state index contributed by atoms with van der Waals surface area (Å²) in [5, 5.41) is 13.9. The molecule has 0 radical (unpaired) electrons. The molecule has 10 nitrogen and oxygen atoms in total. The molecule has 0 spiro atoms. The molecule has 1 aliphatic heterocycles. The molecule has 1 atom stereocenters. The fourth-order valence-corrected chi connectivity index (χ4v) is 3.81. The summed E-state index contributed by atoms with van der Waals surface area (Å²) in [7, 11) is 0. The predicted molar refractivity (Wildman–Crippen MR) is 104 cm³/mol. The van der Waals surface area contributed by atoms with Gasteiger partial charge in [0.1, 0.15) is 12.1 Å². The Morgan fingerprint density at radius 2 is 1.93 bits per heavy atom. The highest BCUT2D eigenvalue weighted by atomic mass is 16.6. The predicted octanol–water partition coefficient (Wildman–Crippen LogP) is 1.82. The summed E-state index contributed by atoms with van der Waals surface area (Å²) in [6.45, 7) is 1.19. The van der Waals surface area contributed by atoms with Crippen LogP contribution in [0.3, 0.4) is 0 Å². The van der Waals surface area contributed by atoms with Crippen molar-refractivity contribution in [3.05, 3.63) is 39.4 Å². The van der Waals surface area contributed by atoms with Gasteiger partial charge in [0.15, 0.2) is 6.10 Å². The fraction of sp³-hybridized carbons (Fsp3) is 0.500. The van der Waals surface area contributed by atoms with Crippen LogP contribution < -0.4 is 5.32 Å². The van der Waals surface area contributed by atoms with Crippen LogP contribution in [-0.2, 0) is 14.3 Å². The first kappa shape index (κ1) is 21.4. The lowest BCUT2D eigenvalue weighted by Gasteiger charge is -2.23. The summed E-state index contributed by atoms with van der Waals surface area (Å²) in [6, 6.07) is 3.70. The van der Waals surface area contributed by atoms with E-state index in [2.05, 4.69) is 5.32 Å². The third-order valence-corrected chi connectivity index (χ3v) is 5.43. The Labute approximate surface area is 172 Å². The zero-order valence-electron chi connectivity index (χ0n) is 16.6. The SMILES string of the molecule is C[C@@H](OC(=O)CN1C(=O)c2cccc([N+](=O)[O-])c2C1=O)C(=O)NCC1CCCCC1. The highest BCUT2D eigenvalue weighted by Gasteiger charge is 2.42. The molecule has 0 saturated heterocycles. The molecule has 10 heteroatoms. The standard InChI is InChI=1S/C20H23N3O7/c1-12(18(25)21-10-13-6-3-2-4-7-13)30-16(24)11-22-19(26)14-8-5-9-15(23(28)29)17(14)20(22)27/h5,8-9,12-13H,2-4,6-7,10-11H2,1H3,(H,21,25)/t12-/m1/s1. The number of hydrogen-bond acceptors (Lipinski definition) is 7. The van der Waals surface area contributed by atoms with Gasteiger partial charge in [-0.3, -0.25) is 34.2 Å². The van der Waals surface area contributed by atoms with E-state index in [-0.39, 0.29) is 11.1 Å². The third-order valence-electron chi connectivity index (χ3n) is 5.43. The molecule has 160 valence electrons. The quantitative estimate of drug-likeness (QED) is 0.309. The number of amides is 3. The molecule has 1 heterocycles.